The van der Waals surface area contributed by atoms with E-state index in [-0.39, 0.29) is 5.54 Å². The molecule has 0 aliphatic carbocycles. The van der Waals surface area contributed by atoms with Crippen molar-refractivity contribution < 1.29 is 0 Å². The molecule has 0 saturated heterocycles. The van der Waals surface area contributed by atoms with Gasteiger partial charge in [-0.1, -0.05) is 18.9 Å². The van der Waals surface area contributed by atoms with Gasteiger partial charge in [0.15, 0.2) is 0 Å². The molecule has 0 aliphatic heterocycles. The second-order valence-corrected chi connectivity index (χ2v) is 6.65. The maximum Gasteiger partial charge on any atom is 0.0543 e. The monoisotopic (exact) mass is 277 g/mol. The highest BCUT2D eigenvalue weighted by atomic mass is 15.1. The lowest BCUT2D eigenvalue weighted by Crippen LogP contribution is -2.36. The summed E-state index contributed by atoms with van der Waals surface area (Å²) < 4.78 is 0. The number of rotatable bonds is 9. The van der Waals surface area contributed by atoms with Crippen LogP contribution >= 0.6 is 0 Å². The van der Waals surface area contributed by atoms with Crippen LogP contribution < -0.4 is 5.32 Å². The molecule has 0 spiro atoms. The fraction of sp³-hybridized carbons (Fsp3) is 0.706. The van der Waals surface area contributed by atoms with Crippen LogP contribution in [0.1, 0.15) is 52.1 Å². The first-order valence-electron chi connectivity index (χ1n) is 7.81. The van der Waals surface area contributed by atoms with E-state index in [4.69, 9.17) is 0 Å². The summed E-state index contributed by atoms with van der Waals surface area (Å²) in [5, 5.41) is 3.54. The smallest absolute Gasteiger partial charge is 0.0543 e. The molecule has 0 unspecified atom stereocenters. The van der Waals surface area contributed by atoms with Crippen LogP contribution in [0.3, 0.4) is 0 Å². The van der Waals surface area contributed by atoms with E-state index in [2.05, 4.69) is 55.2 Å². The Morgan fingerprint density at radius 1 is 1.10 bits per heavy atom. The van der Waals surface area contributed by atoms with Crippen LogP contribution in [0.4, 0.5) is 0 Å². The van der Waals surface area contributed by atoms with Gasteiger partial charge < -0.3 is 10.2 Å². The number of nitrogens with one attached hydrogen (secondary N) is 1. The fourth-order valence-electron chi connectivity index (χ4n) is 2.17. The van der Waals surface area contributed by atoms with E-state index in [1.165, 1.54) is 25.7 Å². The van der Waals surface area contributed by atoms with Crippen molar-refractivity contribution in [2.75, 3.05) is 20.1 Å². The third kappa shape index (κ3) is 9.05. The Morgan fingerprint density at radius 3 is 2.50 bits per heavy atom. The predicted octanol–water partition coefficient (Wildman–Crippen LogP) is 3.46. The van der Waals surface area contributed by atoms with Crippen LogP contribution in [-0.4, -0.2) is 35.6 Å². The maximum atomic E-state index is 4.36. The van der Waals surface area contributed by atoms with Gasteiger partial charge >= 0.3 is 0 Å². The molecule has 3 nitrogen and oxygen atoms in total. The first-order valence-corrected chi connectivity index (χ1v) is 7.81. The minimum atomic E-state index is 0.253. The standard InChI is InChI=1S/C17H31N3/c1-17(2,3)19-13-8-5-6-10-14-20(4)15-16-11-7-9-12-18-16/h7,9,11-12,19H,5-6,8,10,13-15H2,1-4H3. The molecule has 1 N–H and O–H groups in total. The molecule has 0 saturated carbocycles. The van der Waals surface area contributed by atoms with Crippen LogP contribution in [0.5, 0.6) is 0 Å². The van der Waals surface area contributed by atoms with Crippen molar-refractivity contribution in [3.63, 3.8) is 0 Å². The minimum absolute atomic E-state index is 0.253. The molecular weight excluding hydrogens is 246 g/mol. The Kier molecular flexibility index (Phi) is 7.78. The predicted molar refractivity (Wildman–Crippen MR) is 86.8 cm³/mol. The fourth-order valence-corrected chi connectivity index (χ4v) is 2.17. The first kappa shape index (κ1) is 17.1. The summed E-state index contributed by atoms with van der Waals surface area (Å²) in [5.74, 6) is 0. The average molecular weight is 277 g/mol. The summed E-state index contributed by atoms with van der Waals surface area (Å²) in [4.78, 5) is 6.72. The summed E-state index contributed by atoms with van der Waals surface area (Å²) in [6.07, 6.45) is 7.06. The van der Waals surface area contributed by atoms with E-state index >= 15 is 0 Å². The molecule has 1 rings (SSSR count). The van der Waals surface area contributed by atoms with Gasteiger partial charge in [-0.05, 0) is 65.9 Å². The highest BCUT2D eigenvalue weighted by molar-refractivity contribution is 5.02. The number of hydrogen-bond donors (Lipinski definition) is 1. The van der Waals surface area contributed by atoms with Gasteiger partial charge in [-0.2, -0.15) is 0 Å². The Morgan fingerprint density at radius 2 is 1.85 bits per heavy atom. The zero-order valence-corrected chi connectivity index (χ0v) is 13.7. The molecule has 3 heteroatoms. The summed E-state index contributed by atoms with van der Waals surface area (Å²) >= 11 is 0. The van der Waals surface area contributed by atoms with Gasteiger partial charge in [0, 0.05) is 18.3 Å². The van der Waals surface area contributed by atoms with Crippen molar-refractivity contribution in [2.45, 2.75) is 58.5 Å². The Hall–Kier alpha value is -0.930. The number of pyridine rings is 1. The third-order valence-corrected chi connectivity index (χ3v) is 3.28. The highest BCUT2D eigenvalue weighted by Gasteiger charge is 2.07. The number of aromatic nitrogens is 1. The Bertz CT molecular complexity index is 343. The van der Waals surface area contributed by atoms with Crippen molar-refractivity contribution in [3.8, 4) is 0 Å². The van der Waals surface area contributed by atoms with Gasteiger partial charge in [-0.25, -0.2) is 0 Å². The topological polar surface area (TPSA) is 28.2 Å². The van der Waals surface area contributed by atoms with E-state index in [9.17, 15) is 0 Å². The summed E-state index contributed by atoms with van der Waals surface area (Å²) in [5.41, 5.74) is 1.41. The van der Waals surface area contributed by atoms with E-state index < -0.39 is 0 Å². The molecule has 0 amide bonds. The summed E-state index contributed by atoms with van der Waals surface area (Å²) in [6.45, 7) is 9.90. The van der Waals surface area contributed by atoms with Crippen molar-refractivity contribution in [3.05, 3.63) is 30.1 Å². The molecule has 0 atom stereocenters. The average Bonchev–Trinajstić information content (AvgIpc) is 2.37. The second kappa shape index (κ2) is 9.09. The largest absolute Gasteiger partial charge is 0.312 e. The summed E-state index contributed by atoms with van der Waals surface area (Å²) in [7, 11) is 2.18. The molecular formula is C17H31N3. The third-order valence-electron chi connectivity index (χ3n) is 3.28. The zero-order valence-electron chi connectivity index (χ0n) is 13.7. The molecule has 1 heterocycles. The molecule has 114 valence electrons. The second-order valence-electron chi connectivity index (χ2n) is 6.65. The Balaban J connectivity index is 1.98. The highest BCUT2D eigenvalue weighted by Crippen LogP contribution is 2.05. The summed E-state index contributed by atoms with van der Waals surface area (Å²) in [6, 6.07) is 6.11. The maximum absolute atomic E-state index is 4.36. The van der Waals surface area contributed by atoms with Crippen LogP contribution in [0.25, 0.3) is 0 Å². The van der Waals surface area contributed by atoms with Crippen LogP contribution in [0.2, 0.25) is 0 Å². The normalized spacial score (nSPS) is 12.1. The zero-order chi connectivity index (χ0) is 14.8. The van der Waals surface area contributed by atoms with E-state index in [1.54, 1.807) is 0 Å². The molecule has 20 heavy (non-hydrogen) atoms. The SMILES string of the molecule is CN(CCCCCCNC(C)(C)C)Cc1ccccn1. The van der Waals surface area contributed by atoms with E-state index in [0.29, 0.717) is 0 Å². The Labute approximate surface area is 124 Å². The molecule has 0 aromatic carbocycles. The molecule has 1 aromatic heterocycles. The quantitative estimate of drug-likeness (QED) is 0.701. The lowest BCUT2D eigenvalue weighted by atomic mass is 10.1. The lowest BCUT2D eigenvalue weighted by Gasteiger charge is -2.20. The minimum Gasteiger partial charge on any atom is -0.312 e. The molecule has 0 aliphatic rings. The van der Waals surface area contributed by atoms with Crippen molar-refractivity contribution in [2.24, 2.45) is 0 Å². The first-order chi connectivity index (χ1) is 9.47. The van der Waals surface area contributed by atoms with Crippen LogP contribution in [-0.2, 0) is 6.54 Å². The molecule has 0 fully saturated rings. The van der Waals surface area contributed by atoms with Crippen molar-refractivity contribution in [1.82, 2.24) is 15.2 Å². The van der Waals surface area contributed by atoms with Gasteiger partial charge in [-0.3, -0.25) is 4.98 Å². The van der Waals surface area contributed by atoms with E-state index in [1.807, 2.05) is 12.3 Å². The van der Waals surface area contributed by atoms with Gasteiger partial charge in [0.25, 0.3) is 0 Å². The van der Waals surface area contributed by atoms with Gasteiger partial charge in [0.2, 0.25) is 0 Å². The van der Waals surface area contributed by atoms with Gasteiger partial charge in [-0.15, -0.1) is 0 Å². The molecule has 0 bridgehead atoms. The van der Waals surface area contributed by atoms with Crippen LogP contribution in [0, 0.1) is 0 Å². The van der Waals surface area contributed by atoms with Crippen LogP contribution in [0.15, 0.2) is 24.4 Å². The lowest BCUT2D eigenvalue weighted by molar-refractivity contribution is 0.312. The number of unbranched alkanes of at least 4 members (excludes halogenated alkanes) is 3. The van der Waals surface area contributed by atoms with Gasteiger partial charge in [0.1, 0.15) is 0 Å². The van der Waals surface area contributed by atoms with Crippen molar-refractivity contribution >= 4 is 0 Å². The number of nitrogens with zero attached hydrogens (tertiary/aromatic N) is 2. The van der Waals surface area contributed by atoms with Gasteiger partial charge in [0.05, 0.1) is 5.69 Å². The molecule has 0 radical (unpaired) electrons. The van der Waals surface area contributed by atoms with Crippen molar-refractivity contribution in [1.29, 1.82) is 0 Å². The van der Waals surface area contributed by atoms with E-state index in [0.717, 1.165) is 25.3 Å². The molecule has 1 aromatic rings. The number of hydrogen-bond acceptors (Lipinski definition) is 3.